The number of furan rings is 1. The summed E-state index contributed by atoms with van der Waals surface area (Å²) in [6.45, 7) is 1.69. The van der Waals surface area contributed by atoms with Gasteiger partial charge in [0.25, 0.3) is 0 Å². The fourth-order valence-corrected chi connectivity index (χ4v) is 2.69. The number of carbonyl (C=O) groups is 2. The Hall–Kier alpha value is -3.02. The van der Waals surface area contributed by atoms with Crippen LogP contribution in [0.3, 0.4) is 0 Å². The zero-order valence-electron chi connectivity index (χ0n) is 13.3. The molecule has 1 aromatic carbocycles. The van der Waals surface area contributed by atoms with E-state index in [1.165, 1.54) is 6.92 Å². The van der Waals surface area contributed by atoms with Gasteiger partial charge in [-0.1, -0.05) is 18.2 Å². The van der Waals surface area contributed by atoms with E-state index in [9.17, 15) is 9.59 Å². The largest absolute Gasteiger partial charge is 0.467 e. The minimum Gasteiger partial charge on any atom is -0.467 e. The number of hydrogen-bond acceptors (Lipinski definition) is 3. The van der Waals surface area contributed by atoms with Crippen molar-refractivity contribution in [1.29, 1.82) is 0 Å². The molecule has 24 heavy (non-hydrogen) atoms. The molecule has 1 atom stereocenters. The first kappa shape index (κ1) is 15.9. The van der Waals surface area contributed by atoms with Crippen LogP contribution in [0.5, 0.6) is 0 Å². The van der Waals surface area contributed by atoms with E-state index in [0.29, 0.717) is 12.2 Å². The number of benzene rings is 1. The highest BCUT2D eigenvalue weighted by molar-refractivity contribution is 5.89. The summed E-state index contributed by atoms with van der Waals surface area (Å²) < 4.78 is 5.20. The summed E-state index contributed by atoms with van der Waals surface area (Å²) >= 11 is 0. The smallest absolute Gasteiger partial charge is 0.243 e. The number of para-hydroxylation sites is 1. The van der Waals surface area contributed by atoms with Gasteiger partial charge in [0.1, 0.15) is 11.8 Å². The lowest BCUT2D eigenvalue weighted by Crippen LogP contribution is -2.47. The zero-order valence-corrected chi connectivity index (χ0v) is 13.3. The van der Waals surface area contributed by atoms with Crippen LogP contribution in [0.15, 0.2) is 53.3 Å². The highest BCUT2D eigenvalue weighted by atomic mass is 16.3. The quantitative estimate of drug-likeness (QED) is 0.649. The van der Waals surface area contributed by atoms with Crippen molar-refractivity contribution < 1.29 is 14.0 Å². The molecule has 0 saturated heterocycles. The van der Waals surface area contributed by atoms with E-state index >= 15 is 0 Å². The molecule has 3 aromatic rings. The van der Waals surface area contributed by atoms with Gasteiger partial charge in [-0.05, 0) is 23.8 Å². The molecule has 3 rings (SSSR count). The fourth-order valence-electron chi connectivity index (χ4n) is 2.69. The molecule has 0 fully saturated rings. The Balaban J connectivity index is 1.73. The molecular formula is C18H19N3O3. The van der Waals surface area contributed by atoms with Crippen LogP contribution in [-0.2, 0) is 22.6 Å². The van der Waals surface area contributed by atoms with Crippen LogP contribution in [0.2, 0.25) is 0 Å². The Morgan fingerprint density at radius 1 is 1.21 bits per heavy atom. The van der Waals surface area contributed by atoms with Crippen LogP contribution in [0.4, 0.5) is 0 Å². The molecule has 2 heterocycles. The monoisotopic (exact) mass is 325 g/mol. The highest BCUT2D eigenvalue weighted by Crippen LogP contribution is 2.19. The standard InChI is InChI=1S/C18H19N3O3/c1-12(22)21-17(18(23)20-11-14-5-4-8-24-14)9-13-10-19-16-7-3-2-6-15(13)16/h2-8,10,17,19H,9,11H2,1H3,(H,20,23)(H,21,22)/t17-/m1/s1. The number of H-pyrrole nitrogens is 1. The van der Waals surface area contributed by atoms with E-state index in [0.717, 1.165) is 16.5 Å². The maximum Gasteiger partial charge on any atom is 0.243 e. The van der Waals surface area contributed by atoms with Crippen molar-refractivity contribution in [2.45, 2.75) is 25.9 Å². The van der Waals surface area contributed by atoms with Crippen molar-refractivity contribution >= 4 is 22.7 Å². The summed E-state index contributed by atoms with van der Waals surface area (Å²) in [6, 6.07) is 10.8. The number of nitrogens with one attached hydrogen (secondary N) is 3. The van der Waals surface area contributed by atoms with Gasteiger partial charge in [-0.2, -0.15) is 0 Å². The predicted octanol–water partition coefficient (Wildman–Crippen LogP) is 2.12. The second-order valence-electron chi connectivity index (χ2n) is 5.61. The SMILES string of the molecule is CC(=O)N[C@H](Cc1c[nH]c2ccccc12)C(=O)NCc1ccco1. The molecule has 0 bridgehead atoms. The van der Waals surface area contributed by atoms with E-state index < -0.39 is 6.04 Å². The van der Waals surface area contributed by atoms with Gasteiger partial charge in [-0.25, -0.2) is 0 Å². The Morgan fingerprint density at radius 3 is 2.79 bits per heavy atom. The number of fused-ring (bicyclic) bond motifs is 1. The van der Waals surface area contributed by atoms with Crippen molar-refractivity contribution in [3.8, 4) is 0 Å². The predicted molar refractivity (Wildman–Crippen MR) is 90.2 cm³/mol. The number of carbonyl (C=O) groups excluding carboxylic acids is 2. The second-order valence-corrected chi connectivity index (χ2v) is 5.61. The molecule has 0 saturated carbocycles. The van der Waals surface area contributed by atoms with Crippen LogP contribution < -0.4 is 10.6 Å². The molecule has 0 unspecified atom stereocenters. The van der Waals surface area contributed by atoms with Crippen molar-refractivity contribution in [2.75, 3.05) is 0 Å². The van der Waals surface area contributed by atoms with Gasteiger partial charge in [0.2, 0.25) is 11.8 Å². The number of amides is 2. The number of aromatic nitrogens is 1. The average molecular weight is 325 g/mol. The van der Waals surface area contributed by atoms with Crippen molar-refractivity contribution in [3.05, 3.63) is 60.2 Å². The highest BCUT2D eigenvalue weighted by Gasteiger charge is 2.21. The molecule has 6 heteroatoms. The maximum atomic E-state index is 12.5. The van der Waals surface area contributed by atoms with Gasteiger partial charge in [0.05, 0.1) is 12.8 Å². The maximum absolute atomic E-state index is 12.5. The normalized spacial score (nSPS) is 12.0. The van der Waals surface area contributed by atoms with E-state index in [-0.39, 0.29) is 18.4 Å². The van der Waals surface area contributed by atoms with E-state index in [4.69, 9.17) is 4.42 Å². The molecule has 0 aliphatic rings. The summed E-state index contributed by atoms with van der Waals surface area (Å²) in [5.74, 6) is 0.178. The Kier molecular flexibility index (Phi) is 4.65. The number of rotatable bonds is 6. The molecular weight excluding hydrogens is 306 g/mol. The first-order valence-corrected chi connectivity index (χ1v) is 7.75. The molecule has 0 spiro atoms. The lowest BCUT2D eigenvalue weighted by Gasteiger charge is -2.17. The van der Waals surface area contributed by atoms with Crippen molar-refractivity contribution in [2.24, 2.45) is 0 Å². The van der Waals surface area contributed by atoms with Crippen LogP contribution >= 0.6 is 0 Å². The van der Waals surface area contributed by atoms with E-state index in [2.05, 4.69) is 15.6 Å². The Bertz CT molecular complexity index is 836. The van der Waals surface area contributed by atoms with Crippen LogP contribution in [0, 0.1) is 0 Å². The minimum absolute atomic E-state index is 0.243. The van der Waals surface area contributed by atoms with Gasteiger partial charge < -0.3 is 20.0 Å². The van der Waals surface area contributed by atoms with Crippen LogP contribution in [-0.4, -0.2) is 22.8 Å². The number of aromatic amines is 1. The van der Waals surface area contributed by atoms with Gasteiger partial charge in [0.15, 0.2) is 0 Å². The molecule has 2 amide bonds. The summed E-state index contributed by atoms with van der Waals surface area (Å²) in [6.07, 6.45) is 3.84. The second kappa shape index (κ2) is 7.04. The molecule has 0 aliphatic heterocycles. The summed E-state index contributed by atoms with van der Waals surface area (Å²) in [7, 11) is 0. The molecule has 3 N–H and O–H groups in total. The lowest BCUT2D eigenvalue weighted by molar-refractivity contribution is -0.128. The fraction of sp³-hybridized carbons (Fsp3) is 0.222. The molecule has 0 radical (unpaired) electrons. The van der Waals surface area contributed by atoms with Gasteiger partial charge in [-0.3, -0.25) is 9.59 Å². The topological polar surface area (TPSA) is 87.1 Å². The summed E-state index contributed by atoms with van der Waals surface area (Å²) in [5, 5.41) is 6.56. The average Bonchev–Trinajstić information content (AvgIpc) is 3.22. The third kappa shape index (κ3) is 3.65. The third-order valence-electron chi connectivity index (χ3n) is 3.81. The lowest BCUT2D eigenvalue weighted by atomic mass is 10.0. The Morgan fingerprint density at radius 2 is 2.04 bits per heavy atom. The van der Waals surface area contributed by atoms with Crippen molar-refractivity contribution in [1.82, 2.24) is 15.6 Å². The van der Waals surface area contributed by atoms with E-state index in [1.54, 1.807) is 18.4 Å². The third-order valence-corrected chi connectivity index (χ3v) is 3.81. The van der Waals surface area contributed by atoms with Crippen molar-refractivity contribution in [3.63, 3.8) is 0 Å². The number of hydrogen-bond donors (Lipinski definition) is 3. The van der Waals surface area contributed by atoms with Crippen LogP contribution in [0.25, 0.3) is 10.9 Å². The molecule has 2 aromatic heterocycles. The van der Waals surface area contributed by atoms with Gasteiger partial charge in [-0.15, -0.1) is 0 Å². The zero-order chi connectivity index (χ0) is 16.9. The first-order chi connectivity index (χ1) is 11.6. The Labute approximate surface area is 139 Å². The molecule has 6 nitrogen and oxygen atoms in total. The first-order valence-electron chi connectivity index (χ1n) is 7.75. The summed E-state index contributed by atoms with van der Waals surface area (Å²) in [5.41, 5.74) is 1.99. The van der Waals surface area contributed by atoms with Gasteiger partial charge in [0, 0.05) is 30.4 Å². The van der Waals surface area contributed by atoms with Crippen LogP contribution in [0.1, 0.15) is 18.2 Å². The molecule has 0 aliphatic carbocycles. The van der Waals surface area contributed by atoms with Gasteiger partial charge >= 0.3 is 0 Å². The summed E-state index contributed by atoms with van der Waals surface area (Å²) in [4.78, 5) is 27.1. The molecule has 124 valence electrons. The van der Waals surface area contributed by atoms with E-state index in [1.807, 2.05) is 30.5 Å². The minimum atomic E-state index is -0.642.